The van der Waals surface area contributed by atoms with E-state index in [2.05, 4.69) is 0 Å². The van der Waals surface area contributed by atoms with Gasteiger partial charge in [-0.2, -0.15) is 0 Å². The summed E-state index contributed by atoms with van der Waals surface area (Å²) in [5, 5.41) is 0. The molecule has 1 amide bonds. The van der Waals surface area contributed by atoms with Crippen LogP contribution in [0.4, 0.5) is 0 Å². The molecule has 1 aromatic carbocycles. The minimum Gasteiger partial charge on any atom is -0.478 e. The molecule has 3 aliphatic rings. The Labute approximate surface area is 191 Å². The number of hydrogen-bond acceptors (Lipinski definition) is 3. The number of benzene rings is 1. The second-order valence-electron chi connectivity index (χ2n) is 9.61. The molecule has 0 radical (unpaired) electrons. The molecule has 31 heavy (non-hydrogen) atoms. The lowest BCUT2D eigenvalue weighted by Crippen LogP contribution is -2.55. The third-order valence-electron chi connectivity index (χ3n) is 6.76. The van der Waals surface area contributed by atoms with Crippen molar-refractivity contribution < 1.29 is 9.53 Å². The molecule has 164 valence electrons. The molecular weight excluding hydrogens is 435 g/mol. The molecule has 2 fully saturated rings. The van der Waals surface area contributed by atoms with Crippen LogP contribution in [0.25, 0.3) is 0 Å². The molecule has 3 heterocycles. The van der Waals surface area contributed by atoms with Crippen LogP contribution in [0.15, 0.2) is 47.3 Å². The lowest BCUT2D eigenvalue weighted by Gasteiger charge is -2.44. The smallest absolute Gasteiger partial charge is 0.266 e. The van der Waals surface area contributed by atoms with Gasteiger partial charge >= 0.3 is 0 Å². The highest BCUT2D eigenvalue weighted by atomic mass is 35.5. The SMILES string of the molecule is CC(C)(Oc1ccc(C2CC2(Cl)Cl)cc1)C(=O)N1CC2CC(C1)c1cccc(=O)n1C2. The molecule has 2 aliphatic heterocycles. The van der Waals surface area contributed by atoms with Gasteiger partial charge in [0, 0.05) is 43.2 Å². The van der Waals surface area contributed by atoms with E-state index in [4.69, 9.17) is 27.9 Å². The Bertz CT molecular complexity index is 1080. The van der Waals surface area contributed by atoms with E-state index < -0.39 is 9.93 Å². The summed E-state index contributed by atoms with van der Waals surface area (Å²) in [6.07, 6.45) is 1.77. The standard InChI is InChI=1S/C24H26Cl2N2O3/c1-23(2,31-18-8-6-16(7-9-18)19-11-24(19,25)26)22(30)27-12-15-10-17(14-27)20-4-3-5-21(29)28(20)13-15/h3-9,15,17,19H,10-14H2,1-2H3. The molecular formula is C24H26Cl2N2O3. The Hall–Kier alpha value is -1.98. The van der Waals surface area contributed by atoms with Crippen molar-refractivity contribution in [2.45, 2.75) is 55.0 Å². The number of nitrogens with zero attached hydrogens (tertiary/aromatic N) is 2. The zero-order chi connectivity index (χ0) is 22.0. The fourth-order valence-corrected chi connectivity index (χ4v) is 5.69. The van der Waals surface area contributed by atoms with Crippen LogP contribution in [0.3, 0.4) is 0 Å². The van der Waals surface area contributed by atoms with E-state index in [1.165, 1.54) is 0 Å². The summed E-state index contributed by atoms with van der Waals surface area (Å²) in [5.41, 5.74) is 1.17. The number of ether oxygens (including phenoxy) is 1. The van der Waals surface area contributed by atoms with Crippen molar-refractivity contribution in [3.8, 4) is 5.75 Å². The maximum absolute atomic E-state index is 13.4. The summed E-state index contributed by atoms with van der Waals surface area (Å²) in [6, 6.07) is 13.1. The summed E-state index contributed by atoms with van der Waals surface area (Å²) < 4.78 is 7.34. The molecule has 3 unspecified atom stereocenters. The highest BCUT2D eigenvalue weighted by molar-refractivity contribution is 6.51. The number of fused-ring (bicyclic) bond motifs is 4. The summed E-state index contributed by atoms with van der Waals surface area (Å²) in [4.78, 5) is 27.5. The second-order valence-corrected chi connectivity index (χ2v) is 11.1. The Morgan fingerprint density at radius 2 is 1.81 bits per heavy atom. The first kappa shape index (κ1) is 20.9. The van der Waals surface area contributed by atoms with Crippen molar-refractivity contribution in [2.75, 3.05) is 13.1 Å². The summed E-state index contributed by atoms with van der Waals surface area (Å²) in [7, 11) is 0. The molecule has 0 N–H and O–H groups in total. The molecule has 1 saturated heterocycles. The van der Waals surface area contributed by atoms with E-state index in [1.54, 1.807) is 6.07 Å². The maximum atomic E-state index is 13.4. The molecule has 0 spiro atoms. The van der Waals surface area contributed by atoms with Crippen LogP contribution in [0.2, 0.25) is 0 Å². The number of carbonyl (C=O) groups is 1. The Morgan fingerprint density at radius 1 is 1.10 bits per heavy atom. The number of pyridine rings is 1. The summed E-state index contributed by atoms with van der Waals surface area (Å²) in [5.74, 6) is 1.25. The number of amides is 1. The first-order chi connectivity index (χ1) is 14.6. The van der Waals surface area contributed by atoms with Crippen molar-refractivity contribution in [3.63, 3.8) is 0 Å². The van der Waals surface area contributed by atoms with E-state index in [9.17, 15) is 9.59 Å². The fourth-order valence-electron chi connectivity index (χ4n) is 5.12. The average Bonchev–Trinajstić information content (AvgIpc) is 3.36. The highest BCUT2D eigenvalue weighted by Gasteiger charge is 2.52. The third kappa shape index (κ3) is 3.87. The first-order valence-electron chi connectivity index (χ1n) is 10.8. The summed E-state index contributed by atoms with van der Waals surface area (Å²) >= 11 is 12.3. The normalized spacial score (nSPS) is 26.2. The highest BCUT2D eigenvalue weighted by Crippen LogP contribution is 2.59. The molecule has 5 rings (SSSR count). The van der Waals surface area contributed by atoms with Crippen LogP contribution >= 0.6 is 23.2 Å². The average molecular weight is 461 g/mol. The van der Waals surface area contributed by atoms with E-state index in [-0.39, 0.29) is 29.2 Å². The van der Waals surface area contributed by atoms with Gasteiger partial charge in [0.1, 0.15) is 10.1 Å². The number of likely N-dealkylation sites (tertiary alicyclic amines) is 1. The third-order valence-corrected chi connectivity index (χ3v) is 7.60. The number of rotatable bonds is 4. The van der Waals surface area contributed by atoms with Gasteiger partial charge in [-0.25, -0.2) is 0 Å². The zero-order valence-corrected chi connectivity index (χ0v) is 19.2. The van der Waals surface area contributed by atoms with Crippen LogP contribution in [0.5, 0.6) is 5.75 Å². The molecule has 1 aliphatic carbocycles. The van der Waals surface area contributed by atoms with Gasteiger partial charge in [-0.3, -0.25) is 9.59 Å². The van der Waals surface area contributed by atoms with E-state index in [1.807, 2.05) is 59.7 Å². The largest absolute Gasteiger partial charge is 0.478 e. The fraction of sp³-hybridized carbons (Fsp3) is 0.500. The van der Waals surface area contributed by atoms with Gasteiger partial charge in [0.05, 0.1) is 0 Å². The van der Waals surface area contributed by atoms with Gasteiger partial charge in [0.25, 0.3) is 11.5 Å². The summed E-state index contributed by atoms with van der Waals surface area (Å²) in [6.45, 7) is 5.56. The molecule has 1 saturated carbocycles. The molecule has 1 aromatic heterocycles. The number of halogens is 2. The van der Waals surface area contributed by atoms with Gasteiger partial charge in [0.2, 0.25) is 0 Å². The van der Waals surface area contributed by atoms with Gasteiger partial charge in [-0.1, -0.05) is 18.2 Å². The monoisotopic (exact) mass is 460 g/mol. The van der Waals surface area contributed by atoms with Gasteiger partial charge in [0.15, 0.2) is 5.60 Å². The number of alkyl halides is 2. The maximum Gasteiger partial charge on any atom is 0.266 e. The van der Waals surface area contributed by atoms with Gasteiger partial charge < -0.3 is 14.2 Å². The molecule has 3 atom stereocenters. The topological polar surface area (TPSA) is 51.5 Å². The molecule has 2 bridgehead atoms. The number of hydrogen-bond donors (Lipinski definition) is 0. The van der Waals surface area contributed by atoms with Crippen molar-refractivity contribution >= 4 is 29.1 Å². The zero-order valence-electron chi connectivity index (χ0n) is 17.7. The van der Waals surface area contributed by atoms with Crippen molar-refractivity contribution in [3.05, 3.63) is 64.1 Å². The van der Waals surface area contributed by atoms with Crippen LogP contribution in [-0.2, 0) is 11.3 Å². The first-order valence-corrected chi connectivity index (χ1v) is 11.6. The Morgan fingerprint density at radius 3 is 2.48 bits per heavy atom. The van der Waals surface area contributed by atoms with E-state index in [0.29, 0.717) is 25.4 Å². The van der Waals surface area contributed by atoms with Crippen LogP contribution in [0, 0.1) is 5.92 Å². The predicted molar refractivity (Wildman–Crippen MR) is 121 cm³/mol. The van der Waals surface area contributed by atoms with Crippen molar-refractivity contribution in [2.24, 2.45) is 5.92 Å². The van der Waals surface area contributed by atoms with Gasteiger partial charge in [-0.05, 0) is 56.4 Å². The number of piperidine rings is 1. The number of aromatic nitrogens is 1. The quantitative estimate of drug-likeness (QED) is 0.638. The van der Waals surface area contributed by atoms with Crippen molar-refractivity contribution in [1.29, 1.82) is 0 Å². The van der Waals surface area contributed by atoms with Crippen LogP contribution in [0.1, 0.15) is 49.8 Å². The molecule has 5 nitrogen and oxygen atoms in total. The Balaban J connectivity index is 1.29. The lowest BCUT2D eigenvalue weighted by molar-refractivity contribution is -0.148. The predicted octanol–water partition coefficient (Wildman–Crippen LogP) is 4.31. The van der Waals surface area contributed by atoms with Gasteiger partial charge in [-0.15, -0.1) is 23.2 Å². The van der Waals surface area contributed by atoms with Crippen LogP contribution < -0.4 is 10.3 Å². The minimum atomic E-state index is -0.994. The lowest BCUT2D eigenvalue weighted by atomic mass is 9.82. The van der Waals surface area contributed by atoms with Crippen LogP contribution in [-0.4, -0.2) is 38.4 Å². The van der Waals surface area contributed by atoms with E-state index >= 15 is 0 Å². The molecule has 2 aromatic rings. The van der Waals surface area contributed by atoms with Crippen molar-refractivity contribution in [1.82, 2.24) is 9.47 Å². The van der Waals surface area contributed by atoms with E-state index in [0.717, 1.165) is 24.1 Å². The number of carbonyl (C=O) groups excluding carboxylic acids is 1. The minimum absolute atomic E-state index is 0.0271. The second kappa shape index (κ2) is 7.28. The Kier molecular flexibility index (Phi) is 4.91. The molecule has 7 heteroatoms.